The van der Waals surface area contributed by atoms with E-state index in [-0.39, 0.29) is 0 Å². The van der Waals surface area contributed by atoms with Gasteiger partial charge in [-0.1, -0.05) is 24.3 Å². The standard InChI is InChI=1S/C24H23N3O3/c1-28-23-12-9-19(13-24(23)29-2)16-27-26-15-18-7-10-22(11-8-18)30-17-21-6-4-3-5-20(21)14-25/h3-13,15,27H,16-17H2,1-2H3/b26-15+. The Morgan fingerprint density at radius 3 is 2.47 bits per heavy atom. The molecule has 0 heterocycles. The zero-order valence-electron chi connectivity index (χ0n) is 17.0. The first-order chi connectivity index (χ1) is 14.7. The van der Waals surface area contributed by atoms with Crippen LogP contribution in [0.25, 0.3) is 0 Å². The maximum atomic E-state index is 9.14. The van der Waals surface area contributed by atoms with Gasteiger partial charge in [-0.05, 0) is 53.6 Å². The average Bonchev–Trinajstić information content (AvgIpc) is 2.81. The molecule has 0 aromatic heterocycles. The molecule has 0 aliphatic carbocycles. The summed E-state index contributed by atoms with van der Waals surface area (Å²) in [6.45, 7) is 0.917. The topological polar surface area (TPSA) is 75.9 Å². The zero-order chi connectivity index (χ0) is 21.2. The minimum absolute atomic E-state index is 0.351. The third kappa shape index (κ3) is 5.52. The molecule has 6 heteroatoms. The molecule has 0 aliphatic rings. The van der Waals surface area contributed by atoms with E-state index in [2.05, 4.69) is 16.6 Å². The second-order valence-electron chi connectivity index (χ2n) is 6.41. The maximum absolute atomic E-state index is 9.14. The lowest BCUT2D eigenvalue weighted by atomic mass is 10.1. The molecule has 0 radical (unpaired) electrons. The predicted octanol–water partition coefficient (Wildman–Crippen LogP) is 4.28. The molecule has 0 aliphatic heterocycles. The molecule has 6 nitrogen and oxygen atoms in total. The molecule has 1 N–H and O–H groups in total. The molecular weight excluding hydrogens is 378 g/mol. The maximum Gasteiger partial charge on any atom is 0.161 e. The largest absolute Gasteiger partial charge is 0.493 e. The molecule has 30 heavy (non-hydrogen) atoms. The fourth-order valence-corrected chi connectivity index (χ4v) is 2.81. The highest BCUT2D eigenvalue weighted by Crippen LogP contribution is 2.27. The van der Waals surface area contributed by atoms with Crippen LogP contribution < -0.4 is 19.6 Å². The van der Waals surface area contributed by atoms with Crippen molar-refractivity contribution in [2.45, 2.75) is 13.2 Å². The number of methoxy groups -OCH3 is 2. The first-order valence-electron chi connectivity index (χ1n) is 9.41. The van der Waals surface area contributed by atoms with E-state index in [0.29, 0.717) is 30.2 Å². The van der Waals surface area contributed by atoms with Crippen molar-refractivity contribution >= 4 is 6.21 Å². The van der Waals surface area contributed by atoms with Crippen molar-refractivity contribution in [3.05, 3.63) is 89.0 Å². The van der Waals surface area contributed by atoms with E-state index in [1.54, 1.807) is 26.5 Å². The molecule has 0 bridgehead atoms. The van der Waals surface area contributed by atoms with Crippen LogP contribution in [0, 0.1) is 11.3 Å². The lowest BCUT2D eigenvalue weighted by Gasteiger charge is -2.09. The highest BCUT2D eigenvalue weighted by Gasteiger charge is 2.04. The number of hydrogen-bond acceptors (Lipinski definition) is 6. The highest BCUT2D eigenvalue weighted by molar-refractivity contribution is 5.79. The van der Waals surface area contributed by atoms with Gasteiger partial charge in [-0.15, -0.1) is 0 Å². The number of ether oxygens (including phenoxy) is 3. The number of rotatable bonds is 9. The summed E-state index contributed by atoms with van der Waals surface area (Å²) in [6, 6.07) is 22.9. The third-order valence-electron chi connectivity index (χ3n) is 4.45. The van der Waals surface area contributed by atoms with Crippen LogP contribution in [-0.2, 0) is 13.2 Å². The number of benzene rings is 3. The molecule has 152 valence electrons. The first kappa shape index (κ1) is 20.7. The van der Waals surface area contributed by atoms with Crippen molar-refractivity contribution in [2.75, 3.05) is 14.2 Å². The van der Waals surface area contributed by atoms with Crippen LogP contribution >= 0.6 is 0 Å². The van der Waals surface area contributed by atoms with Crippen LogP contribution in [0.4, 0.5) is 0 Å². The van der Waals surface area contributed by atoms with E-state index in [1.807, 2.05) is 60.7 Å². The van der Waals surface area contributed by atoms with Crippen molar-refractivity contribution < 1.29 is 14.2 Å². The van der Waals surface area contributed by atoms with Gasteiger partial charge in [-0.2, -0.15) is 10.4 Å². The van der Waals surface area contributed by atoms with Gasteiger partial charge in [-0.25, -0.2) is 0 Å². The third-order valence-corrected chi connectivity index (χ3v) is 4.45. The molecule has 0 saturated heterocycles. The van der Waals surface area contributed by atoms with E-state index in [1.165, 1.54) is 0 Å². The molecule has 0 saturated carbocycles. The molecule has 0 amide bonds. The van der Waals surface area contributed by atoms with E-state index in [9.17, 15) is 0 Å². The van der Waals surface area contributed by atoms with Crippen molar-refractivity contribution in [3.63, 3.8) is 0 Å². The van der Waals surface area contributed by atoms with Crippen molar-refractivity contribution in [2.24, 2.45) is 5.10 Å². The number of hydrazone groups is 1. The predicted molar refractivity (Wildman–Crippen MR) is 116 cm³/mol. The summed E-state index contributed by atoms with van der Waals surface area (Å²) in [5, 5.41) is 13.4. The molecule has 3 rings (SSSR count). The van der Waals surface area contributed by atoms with E-state index in [0.717, 1.165) is 22.4 Å². The van der Waals surface area contributed by atoms with Gasteiger partial charge in [0.1, 0.15) is 12.4 Å². The minimum atomic E-state index is 0.351. The van der Waals surface area contributed by atoms with Gasteiger partial charge in [0.25, 0.3) is 0 Å². The highest BCUT2D eigenvalue weighted by atomic mass is 16.5. The van der Waals surface area contributed by atoms with E-state index < -0.39 is 0 Å². The Balaban J connectivity index is 1.50. The number of nitrogens with one attached hydrogen (secondary N) is 1. The summed E-state index contributed by atoms with van der Waals surface area (Å²) in [6.07, 6.45) is 1.75. The van der Waals surface area contributed by atoms with Crippen molar-refractivity contribution in [3.8, 4) is 23.3 Å². The van der Waals surface area contributed by atoms with Crippen LogP contribution in [0.1, 0.15) is 22.3 Å². The van der Waals surface area contributed by atoms with Crippen LogP contribution in [0.2, 0.25) is 0 Å². The van der Waals surface area contributed by atoms with Crippen molar-refractivity contribution in [1.82, 2.24) is 5.43 Å². The van der Waals surface area contributed by atoms with Gasteiger partial charge < -0.3 is 19.6 Å². The summed E-state index contributed by atoms with van der Waals surface area (Å²) >= 11 is 0. The second-order valence-corrected chi connectivity index (χ2v) is 6.41. The Hall–Kier alpha value is -3.98. The number of hydrogen-bond donors (Lipinski definition) is 1. The van der Waals surface area contributed by atoms with E-state index >= 15 is 0 Å². The van der Waals surface area contributed by atoms with E-state index in [4.69, 9.17) is 19.5 Å². The summed E-state index contributed by atoms with van der Waals surface area (Å²) in [5.41, 5.74) is 6.49. The van der Waals surface area contributed by atoms with Gasteiger partial charge in [0.2, 0.25) is 0 Å². The van der Waals surface area contributed by atoms with Gasteiger partial charge in [0.15, 0.2) is 11.5 Å². The SMILES string of the molecule is COc1ccc(CN/N=C/c2ccc(OCc3ccccc3C#N)cc2)cc1OC. The Labute approximate surface area is 176 Å². The normalized spacial score (nSPS) is 10.4. The van der Waals surface area contributed by atoms with Gasteiger partial charge >= 0.3 is 0 Å². The number of nitriles is 1. The molecule has 0 spiro atoms. The second kappa shape index (κ2) is 10.5. The molecule has 0 unspecified atom stereocenters. The van der Waals surface area contributed by atoms with Crippen LogP contribution in [0.15, 0.2) is 71.8 Å². The van der Waals surface area contributed by atoms with Crippen molar-refractivity contribution in [1.29, 1.82) is 5.26 Å². The fourth-order valence-electron chi connectivity index (χ4n) is 2.81. The lowest BCUT2D eigenvalue weighted by Crippen LogP contribution is -2.06. The van der Waals surface area contributed by atoms with Crippen LogP contribution in [0.5, 0.6) is 17.2 Å². The Kier molecular flexibility index (Phi) is 7.28. The van der Waals surface area contributed by atoms with Gasteiger partial charge in [0.05, 0.1) is 38.6 Å². The molecule has 0 atom stereocenters. The molecule has 0 fully saturated rings. The Morgan fingerprint density at radius 1 is 0.967 bits per heavy atom. The fraction of sp³-hybridized carbons (Fsp3) is 0.167. The molecule has 3 aromatic carbocycles. The molecular formula is C24H23N3O3. The Morgan fingerprint density at radius 2 is 1.73 bits per heavy atom. The first-order valence-corrected chi connectivity index (χ1v) is 9.41. The van der Waals surface area contributed by atoms with Crippen LogP contribution in [0.3, 0.4) is 0 Å². The number of nitrogens with zero attached hydrogens (tertiary/aromatic N) is 2. The van der Waals surface area contributed by atoms with Gasteiger partial charge in [-0.3, -0.25) is 0 Å². The summed E-state index contributed by atoms with van der Waals surface area (Å²) < 4.78 is 16.3. The summed E-state index contributed by atoms with van der Waals surface area (Å²) in [5.74, 6) is 2.12. The molecule has 3 aromatic rings. The Bertz CT molecular complexity index is 1040. The minimum Gasteiger partial charge on any atom is -0.493 e. The quantitative estimate of drug-likeness (QED) is 0.428. The van der Waals surface area contributed by atoms with Gasteiger partial charge in [0, 0.05) is 5.56 Å². The monoisotopic (exact) mass is 401 g/mol. The average molecular weight is 401 g/mol. The lowest BCUT2D eigenvalue weighted by molar-refractivity contribution is 0.306. The van der Waals surface area contributed by atoms with Crippen LogP contribution in [-0.4, -0.2) is 20.4 Å². The summed E-state index contributed by atoms with van der Waals surface area (Å²) in [7, 11) is 3.23. The smallest absolute Gasteiger partial charge is 0.161 e. The summed E-state index contributed by atoms with van der Waals surface area (Å²) in [4.78, 5) is 0. The zero-order valence-corrected chi connectivity index (χ0v) is 17.0.